The van der Waals surface area contributed by atoms with Crippen molar-refractivity contribution in [1.29, 1.82) is 0 Å². The quantitative estimate of drug-likeness (QED) is 0.857. The number of anilines is 2. The first-order chi connectivity index (χ1) is 8.58. The van der Waals surface area contributed by atoms with Crippen LogP contribution in [0.15, 0.2) is 12.4 Å². The third kappa shape index (κ3) is 2.69. The van der Waals surface area contributed by atoms with Gasteiger partial charge in [0.15, 0.2) is 0 Å². The first kappa shape index (κ1) is 12.6. The van der Waals surface area contributed by atoms with Crippen LogP contribution >= 0.6 is 0 Å². The summed E-state index contributed by atoms with van der Waals surface area (Å²) < 4.78 is 0. The number of piperidine rings is 1. The zero-order valence-corrected chi connectivity index (χ0v) is 10.7. The molecule has 0 saturated carbocycles. The maximum Gasteiger partial charge on any atom is 0.306 e. The summed E-state index contributed by atoms with van der Waals surface area (Å²) in [6, 6.07) is 1.93. The lowest BCUT2D eigenvalue weighted by atomic mass is 9.97. The minimum absolute atomic E-state index is 0.212. The molecule has 0 unspecified atom stereocenters. The van der Waals surface area contributed by atoms with E-state index in [1.807, 2.05) is 25.1 Å². The predicted octanol–water partition coefficient (Wildman–Crippen LogP) is 0.844. The topological polar surface area (TPSA) is 69.6 Å². The molecule has 0 spiro atoms. The van der Waals surface area contributed by atoms with Crippen molar-refractivity contribution in [2.75, 3.05) is 37.0 Å². The molecule has 98 valence electrons. The van der Waals surface area contributed by atoms with Crippen molar-refractivity contribution in [3.63, 3.8) is 0 Å². The van der Waals surface area contributed by atoms with Crippen molar-refractivity contribution in [2.24, 2.45) is 5.92 Å². The van der Waals surface area contributed by atoms with Gasteiger partial charge in [0.2, 0.25) is 0 Å². The van der Waals surface area contributed by atoms with E-state index in [0.29, 0.717) is 12.8 Å². The molecule has 1 aromatic rings. The van der Waals surface area contributed by atoms with Crippen LogP contribution in [-0.2, 0) is 4.79 Å². The van der Waals surface area contributed by atoms with Crippen LogP contribution in [0.1, 0.15) is 12.8 Å². The van der Waals surface area contributed by atoms with Crippen molar-refractivity contribution >= 4 is 17.6 Å². The van der Waals surface area contributed by atoms with Crippen molar-refractivity contribution in [1.82, 2.24) is 9.97 Å². The molecular formula is C12H18N4O2. The standard InChI is InChI=1S/C12H18N4O2/c1-15(2)10-7-11(14-8-13-10)16-5-3-9(4-6-16)12(17)18/h7-9H,3-6H2,1-2H3,(H,17,18). The van der Waals surface area contributed by atoms with Gasteiger partial charge < -0.3 is 14.9 Å². The monoisotopic (exact) mass is 250 g/mol. The summed E-state index contributed by atoms with van der Waals surface area (Å²) in [5.74, 6) is 0.834. The zero-order chi connectivity index (χ0) is 13.1. The van der Waals surface area contributed by atoms with E-state index in [1.54, 1.807) is 6.33 Å². The number of hydrogen-bond acceptors (Lipinski definition) is 5. The fourth-order valence-electron chi connectivity index (χ4n) is 2.11. The first-order valence-corrected chi connectivity index (χ1v) is 6.05. The lowest BCUT2D eigenvalue weighted by Gasteiger charge is -2.31. The Morgan fingerprint density at radius 2 is 2.06 bits per heavy atom. The fourth-order valence-corrected chi connectivity index (χ4v) is 2.11. The summed E-state index contributed by atoms with van der Waals surface area (Å²) in [7, 11) is 3.87. The van der Waals surface area contributed by atoms with Crippen molar-refractivity contribution < 1.29 is 9.90 Å². The van der Waals surface area contributed by atoms with Gasteiger partial charge in [0.1, 0.15) is 18.0 Å². The highest BCUT2D eigenvalue weighted by atomic mass is 16.4. The van der Waals surface area contributed by atoms with Gasteiger partial charge >= 0.3 is 5.97 Å². The van der Waals surface area contributed by atoms with E-state index in [0.717, 1.165) is 24.7 Å². The third-order valence-electron chi connectivity index (χ3n) is 3.26. The van der Waals surface area contributed by atoms with Crippen molar-refractivity contribution in [3.05, 3.63) is 12.4 Å². The van der Waals surface area contributed by atoms with Gasteiger partial charge in [-0.15, -0.1) is 0 Å². The van der Waals surface area contributed by atoms with Gasteiger partial charge in [-0.1, -0.05) is 0 Å². The van der Waals surface area contributed by atoms with Crippen LogP contribution in [0.25, 0.3) is 0 Å². The largest absolute Gasteiger partial charge is 0.481 e. The van der Waals surface area contributed by atoms with Crippen LogP contribution in [0.4, 0.5) is 11.6 Å². The van der Waals surface area contributed by atoms with Gasteiger partial charge in [-0.3, -0.25) is 4.79 Å². The molecule has 2 heterocycles. The molecule has 0 atom stereocenters. The number of rotatable bonds is 3. The van der Waals surface area contributed by atoms with Crippen LogP contribution in [0.3, 0.4) is 0 Å². The molecule has 0 radical (unpaired) electrons. The van der Waals surface area contributed by atoms with Gasteiger partial charge in [-0.25, -0.2) is 9.97 Å². The zero-order valence-electron chi connectivity index (χ0n) is 10.7. The highest BCUT2D eigenvalue weighted by Crippen LogP contribution is 2.23. The summed E-state index contributed by atoms with van der Waals surface area (Å²) in [5.41, 5.74) is 0. The molecule has 0 aromatic carbocycles. The molecule has 1 aliphatic heterocycles. The lowest BCUT2D eigenvalue weighted by Crippen LogP contribution is -2.36. The van der Waals surface area contributed by atoms with Crippen LogP contribution in [0.2, 0.25) is 0 Å². The normalized spacial score (nSPS) is 16.7. The number of carbonyl (C=O) groups is 1. The molecule has 6 heteroatoms. The summed E-state index contributed by atoms with van der Waals surface area (Å²) in [6.07, 6.45) is 2.90. The molecule has 1 N–H and O–H groups in total. The average Bonchev–Trinajstić information content (AvgIpc) is 2.39. The number of aliphatic carboxylic acids is 1. The van der Waals surface area contributed by atoms with E-state index in [4.69, 9.17) is 5.11 Å². The number of aromatic nitrogens is 2. The van der Waals surface area contributed by atoms with E-state index in [-0.39, 0.29) is 5.92 Å². The van der Waals surface area contributed by atoms with E-state index < -0.39 is 5.97 Å². The highest BCUT2D eigenvalue weighted by Gasteiger charge is 2.25. The van der Waals surface area contributed by atoms with Crippen LogP contribution in [0, 0.1) is 5.92 Å². The maximum absolute atomic E-state index is 10.9. The molecule has 6 nitrogen and oxygen atoms in total. The molecule has 0 aliphatic carbocycles. The molecule has 1 saturated heterocycles. The second kappa shape index (κ2) is 5.20. The summed E-state index contributed by atoms with van der Waals surface area (Å²) in [6.45, 7) is 1.47. The fraction of sp³-hybridized carbons (Fsp3) is 0.583. The summed E-state index contributed by atoms with van der Waals surface area (Å²) in [4.78, 5) is 23.4. The molecule has 0 amide bonds. The van der Waals surface area contributed by atoms with Gasteiger partial charge in [-0.2, -0.15) is 0 Å². The number of hydrogen-bond donors (Lipinski definition) is 1. The molecule has 1 aliphatic rings. The number of nitrogens with zero attached hydrogens (tertiary/aromatic N) is 4. The Morgan fingerprint density at radius 1 is 1.39 bits per heavy atom. The Bertz CT molecular complexity index is 428. The van der Waals surface area contributed by atoms with E-state index in [9.17, 15) is 4.79 Å². The van der Waals surface area contributed by atoms with Gasteiger partial charge in [0.05, 0.1) is 5.92 Å². The van der Waals surface area contributed by atoms with E-state index in [2.05, 4.69) is 14.9 Å². The van der Waals surface area contributed by atoms with Crippen molar-refractivity contribution in [2.45, 2.75) is 12.8 Å². The number of carboxylic acid groups (broad SMARTS) is 1. The average molecular weight is 250 g/mol. The molecule has 1 fully saturated rings. The Balaban J connectivity index is 2.05. The van der Waals surface area contributed by atoms with E-state index >= 15 is 0 Å². The molecule has 18 heavy (non-hydrogen) atoms. The second-order valence-corrected chi connectivity index (χ2v) is 4.73. The first-order valence-electron chi connectivity index (χ1n) is 6.05. The Hall–Kier alpha value is -1.85. The smallest absolute Gasteiger partial charge is 0.306 e. The minimum atomic E-state index is -0.689. The third-order valence-corrected chi connectivity index (χ3v) is 3.26. The minimum Gasteiger partial charge on any atom is -0.481 e. The summed E-state index contributed by atoms with van der Waals surface area (Å²) >= 11 is 0. The van der Waals surface area contributed by atoms with E-state index in [1.165, 1.54) is 0 Å². The van der Waals surface area contributed by atoms with Gasteiger partial charge in [0, 0.05) is 33.3 Å². The highest BCUT2D eigenvalue weighted by molar-refractivity contribution is 5.70. The second-order valence-electron chi connectivity index (χ2n) is 4.73. The Labute approximate surface area is 106 Å². The molecule has 2 rings (SSSR count). The van der Waals surface area contributed by atoms with Gasteiger partial charge in [-0.05, 0) is 12.8 Å². The predicted molar refractivity (Wildman–Crippen MR) is 68.9 cm³/mol. The van der Waals surface area contributed by atoms with Gasteiger partial charge in [0.25, 0.3) is 0 Å². The Morgan fingerprint density at radius 3 is 2.61 bits per heavy atom. The van der Waals surface area contributed by atoms with Crippen LogP contribution in [-0.4, -0.2) is 48.2 Å². The molecule has 0 bridgehead atoms. The molecular weight excluding hydrogens is 232 g/mol. The SMILES string of the molecule is CN(C)c1cc(N2CCC(C(=O)O)CC2)ncn1. The Kier molecular flexibility index (Phi) is 3.64. The summed E-state index contributed by atoms with van der Waals surface area (Å²) in [5, 5.41) is 8.96. The maximum atomic E-state index is 10.9. The van der Waals surface area contributed by atoms with Crippen LogP contribution < -0.4 is 9.80 Å². The van der Waals surface area contributed by atoms with Crippen LogP contribution in [0.5, 0.6) is 0 Å². The number of carboxylic acids is 1. The van der Waals surface area contributed by atoms with Crippen molar-refractivity contribution in [3.8, 4) is 0 Å². The molecule has 1 aromatic heterocycles. The lowest BCUT2D eigenvalue weighted by molar-refractivity contribution is -0.142.